The first-order chi connectivity index (χ1) is 12.5. The van der Waals surface area contributed by atoms with Crippen LogP contribution in [0, 0.1) is 20.8 Å². The number of hydrogen-bond acceptors (Lipinski definition) is 3. The van der Waals surface area contributed by atoms with E-state index in [1.807, 2.05) is 47.9 Å². The van der Waals surface area contributed by atoms with Gasteiger partial charge in [-0.05, 0) is 45.0 Å². The normalized spacial score (nSPS) is 10.6. The molecule has 0 aliphatic rings. The lowest BCUT2D eigenvalue weighted by molar-refractivity contribution is 0.102. The summed E-state index contributed by atoms with van der Waals surface area (Å²) in [6, 6.07) is 14.8. The number of nitrogens with one attached hydrogen (secondary N) is 1. The summed E-state index contributed by atoms with van der Waals surface area (Å²) < 4.78 is 1.97. The van der Waals surface area contributed by atoms with Crippen LogP contribution in [0.2, 0.25) is 0 Å². The van der Waals surface area contributed by atoms with Gasteiger partial charge in [-0.2, -0.15) is 0 Å². The third-order valence-corrected chi connectivity index (χ3v) is 4.59. The molecule has 2 heterocycles. The molecule has 0 bridgehead atoms. The number of nitrogens with zero attached hydrogens (tertiary/aromatic N) is 2. The summed E-state index contributed by atoms with van der Waals surface area (Å²) in [5, 5.41) is 2.81. The van der Waals surface area contributed by atoms with Gasteiger partial charge in [0.25, 0.3) is 5.91 Å². The minimum atomic E-state index is -0.392. The molecule has 2 aromatic heterocycles. The van der Waals surface area contributed by atoms with Crippen molar-refractivity contribution in [2.75, 3.05) is 5.32 Å². The van der Waals surface area contributed by atoms with Crippen molar-refractivity contribution in [3.8, 4) is 0 Å². The lowest BCUT2D eigenvalue weighted by atomic mass is 10.1. The smallest absolute Gasteiger partial charge is 0.261 e. The van der Waals surface area contributed by atoms with Gasteiger partial charge in [0, 0.05) is 28.8 Å². The van der Waals surface area contributed by atoms with Crippen LogP contribution in [0.3, 0.4) is 0 Å². The lowest BCUT2D eigenvalue weighted by Crippen LogP contribution is -2.29. The molecule has 3 aromatic rings. The average molecular weight is 347 g/mol. The molecule has 0 spiro atoms. The number of hydrogen-bond donors (Lipinski definition) is 1. The van der Waals surface area contributed by atoms with Gasteiger partial charge < -0.3 is 9.88 Å². The van der Waals surface area contributed by atoms with E-state index in [0.29, 0.717) is 23.5 Å². The Bertz CT molecular complexity index is 993. The standard InChI is InChI=1S/C21H21N3O2/c1-14-15(2)24(13-18-11-7-8-12-22-18)16(3)19(20(14)25)21(26)23-17-9-5-4-6-10-17/h4-12H,13H2,1-3H3,(H,23,26). The summed E-state index contributed by atoms with van der Waals surface area (Å²) in [4.78, 5) is 29.9. The Morgan fingerprint density at radius 2 is 1.69 bits per heavy atom. The zero-order chi connectivity index (χ0) is 18.7. The van der Waals surface area contributed by atoms with E-state index in [-0.39, 0.29) is 11.0 Å². The molecule has 0 unspecified atom stereocenters. The summed E-state index contributed by atoms with van der Waals surface area (Å²) in [7, 11) is 0. The summed E-state index contributed by atoms with van der Waals surface area (Å²) in [6.07, 6.45) is 1.73. The maximum absolute atomic E-state index is 12.8. The Morgan fingerprint density at radius 1 is 1.00 bits per heavy atom. The molecule has 26 heavy (non-hydrogen) atoms. The van der Waals surface area contributed by atoms with Gasteiger partial charge in [-0.25, -0.2) is 0 Å². The number of para-hydroxylation sites is 1. The topological polar surface area (TPSA) is 64.0 Å². The minimum absolute atomic E-state index is 0.174. The van der Waals surface area contributed by atoms with Gasteiger partial charge in [0.2, 0.25) is 0 Å². The second-order valence-corrected chi connectivity index (χ2v) is 6.23. The van der Waals surface area contributed by atoms with Crippen LogP contribution in [0.15, 0.2) is 59.5 Å². The molecule has 1 N–H and O–H groups in total. The van der Waals surface area contributed by atoms with Crippen molar-refractivity contribution in [2.45, 2.75) is 27.3 Å². The zero-order valence-electron chi connectivity index (χ0n) is 15.1. The van der Waals surface area contributed by atoms with E-state index in [4.69, 9.17) is 0 Å². The Balaban J connectivity index is 2.05. The summed E-state index contributed by atoms with van der Waals surface area (Å²) in [5.74, 6) is -0.392. The largest absolute Gasteiger partial charge is 0.342 e. The average Bonchev–Trinajstić information content (AvgIpc) is 2.65. The van der Waals surface area contributed by atoms with E-state index in [9.17, 15) is 9.59 Å². The third-order valence-electron chi connectivity index (χ3n) is 4.59. The molecule has 132 valence electrons. The Labute approximate surface area is 152 Å². The van der Waals surface area contributed by atoms with Gasteiger partial charge in [0.1, 0.15) is 5.56 Å². The number of carbonyl (C=O) groups is 1. The molecule has 0 atom stereocenters. The molecule has 3 rings (SSSR count). The number of pyridine rings is 2. The second kappa shape index (κ2) is 7.35. The maximum atomic E-state index is 12.8. The van der Waals surface area contributed by atoms with Gasteiger partial charge in [0.15, 0.2) is 5.43 Å². The molecule has 0 aliphatic heterocycles. The number of carbonyl (C=O) groups excluding carboxylic acids is 1. The molecule has 5 heteroatoms. The van der Waals surface area contributed by atoms with Crippen LogP contribution in [-0.4, -0.2) is 15.5 Å². The Hall–Kier alpha value is -3.21. The first kappa shape index (κ1) is 17.6. The third kappa shape index (κ3) is 3.42. The van der Waals surface area contributed by atoms with Crippen LogP contribution < -0.4 is 10.7 Å². The molecular formula is C21H21N3O2. The van der Waals surface area contributed by atoms with Gasteiger partial charge in [-0.3, -0.25) is 14.6 Å². The van der Waals surface area contributed by atoms with Gasteiger partial charge in [-0.15, -0.1) is 0 Å². The molecule has 0 radical (unpaired) electrons. The van der Waals surface area contributed by atoms with Gasteiger partial charge in [0.05, 0.1) is 12.2 Å². The molecule has 0 fully saturated rings. The molecule has 5 nitrogen and oxygen atoms in total. The van der Waals surface area contributed by atoms with Crippen LogP contribution in [0.1, 0.15) is 33.0 Å². The molecule has 0 saturated heterocycles. The van der Waals surface area contributed by atoms with Crippen molar-refractivity contribution in [3.63, 3.8) is 0 Å². The quantitative estimate of drug-likeness (QED) is 0.786. The van der Waals surface area contributed by atoms with E-state index in [1.54, 1.807) is 32.2 Å². The number of amides is 1. The van der Waals surface area contributed by atoms with Crippen LogP contribution in [0.4, 0.5) is 5.69 Å². The van der Waals surface area contributed by atoms with E-state index in [1.165, 1.54) is 0 Å². The Kier molecular flexibility index (Phi) is 4.98. The monoisotopic (exact) mass is 347 g/mol. The fourth-order valence-corrected chi connectivity index (χ4v) is 2.98. The van der Waals surface area contributed by atoms with E-state index in [0.717, 1.165) is 11.4 Å². The van der Waals surface area contributed by atoms with E-state index >= 15 is 0 Å². The highest BCUT2D eigenvalue weighted by Crippen LogP contribution is 2.15. The predicted molar refractivity (Wildman–Crippen MR) is 103 cm³/mol. The van der Waals surface area contributed by atoms with Crippen LogP contribution in [-0.2, 0) is 6.54 Å². The first-order valence-corrected chi connectivity index (χ1v) is 8.46. The van der Waals surface area contributed by atoms with Gasteiger partial charge >= 0.3 is 0 Å². The van der Waals surface area contributed by atoms with E-state index < -0.39 is 5.91 Å². The summed E-state index contributed by atoms with van der Waals surface area (Å²) in [6.45, 7) is 5.96. The van der Waals surface area contributed by atoms with Crippen molar-refractivity contribution in [1.29, 1.82) is 0 Å². The SMILES string of the molecule is Cc1c(C)n(Cc2ccccn2)c(C)c(C(=O)Nc2ccccc2)c1=O. The molecule has 0 aliphatic carbocycles. The molecule has 0 saturated carbocycles. The number of anilines is 1. The zero-order valence-corrected chi connectivity index (χ0v) is 15.1. The highest BCUT2D eigenvalue weighted by atomic mass is 16.2. The van der Waals surface area contributed by atoms with Crippen molar-refractivity contribution in [3.05, 3.63) is 93.2 Å². The first-order valence-electron chi connectivity index (χ1n) is 8.46. The molecule has 1 aromatic carbocycles. The lowest BCUT2D eigenvalue weighted by Gasteiger charge is -2.19. The van der Waals surface area contributed by atoms with Crippen LogP contribution >= 0.6 is 0 Å². The van der Waals surface area contributed by atoms with E-state index in [2.05, 4.69) is 10.3 Å². The van der Waals surface area contributed by atoms with Crippen molar-refractivity contribution in [1.82, 2.24) is 9.55 Å². The predicted octanol–water partition coefficient (Wildman–Crippen LogP) is 3.47. The fraction of sp³-hybridized carbons (Fsp3) is 0.190. The van der Waals surface area contributed by atoms with Crippen molar-refractivity contribution in [2.24, 2.45) is 0 Å². The number of rotatable bonds is 4. The van der Waals surface area contributed by atoms with Crippen molar-refractivity contribution < 1.29 is 4.79 Å². The highest BCUT2D eigenvalue weighted by molar-refractivity contribution is 6.05. The minimum Gasteiger partial charge on any atom is -0.342 e. The Morgan fingerprint density at radius 3 is 2.35 bits per heavy atom. The summed E-state index contributed by atoms with van der Waals surface area (Å²) in [5.41, 5.74) is 3.52. The number of benzene rings is 1. The highest BCUT2D eigenvalue weighted by Gasteiger charge is 2.20. The van der Waals surface area contributed by atoms with Crippen LogP contribution in [0.5, 0.6) is 0 Å². The van der Waals surface area contributed by atoms with Gasteiger partial charge in [-0.1, -0.05) is 24.3 Å². The molecule has 1 amide bonds. The second-order valence-electron chi connectivity index (χ2n) is 6.23. The summed E-state index contributed by atoms with van der Waals surface area (Å²) >= 11 is 0. The van der Waals surface area contributed by atoms with Crippen molar-refractivity contribution >= 4 is 11.6 Å². The maximum Gasteiger partial charge on any atom is 0.261 e. The van der Waals surface area contributed by atoms with Crippen LogP contribution in [0.25, 0.3) is 0 Å². The fourth-order valence-electron chi connectivity index (χ4n) is 2.98. The molecular weight excluding hydrogens is 326 g/mol. The number of aromatic nitrogens is 2.